The SMILES string of the molecule is Cc1ccc2c(c1)[C@H](NC(=O)[C@@H](C)Oc1cc(C)c(Cl)c(C)c1)CC(C)(C)O2. The van der Waals surface area contributed by atoms with E-state index in [-0.39, 0.29) is 17.6 Å². The molecule has 3 rings (SSSR count). The Morgan fingerprint density at radius 3 is 2.50 bits per heavy atom. The van der Waals surface area contributed by atoms with Crippen LogP contribution in [-0.2, 0) is 4.79 Å². The van der Waals surface area contributed by atoms with Gasteiger partial charge in [0.25, 0.3) is 5.91 Å². The Morgan fingerprint density at radius 1 is 1.21 bits per heavy atom. The number of fused-ring (bicyclic) bond motifs is 1. The second kappa shape index (κ2) is 7.67. The fourth-order valence-corrected chi connectivity index (χ4v) is 3.73. The Bertz CT molecular complexity index is 884. The lowest BCUT2D eigenvalue weighted by molar-refractivity contribution is -0.128. The van der Waals surface area contributed by atoms with Gasteiger partial charge in [0, 0.05) is 17.0 Å². The molecule has 1 aliphatic rings. The monoisotopic (exact) mass is 401 g/mol. The molecule has 28 heavy (non-hydrogen) atoms. The Hall–Kier alpha value is -2.20. The zero-order valence-corrected chi connectivity index (χ0v) is 18.1. The van der Waals surface area contributed by atoms with Crippen LogP contribution in [0.4, 0.5) is 0 Å². The van der Waals surface area contributed by atoms with Crippen LogP contribution in [0.25, 0.3) is 0 Å². The van der Waals surface area contributed by atoms with E-state index in [0.29, 0.717) is 12.2 Å². The van der Waals surface area contributed by atoms with Gasteiger partial charge in [-0.15, -0.1) is 0 Å². The van der Waals surface area contributed by atoms with Crippen molar-refractivity contribution in [2.45, 2.75) is 65.7 Å². The van der Waals surface area contributed by atoms with Crippen molar-refractivity contribution in [1.29, 1.82) is 0 Å². The minimum atomic E-state index is -0.626. The molecular weight excluding hydrogens is 374 g/mol. The molecule has 0 unspecified atom stereocenters. The fraction of sp³-hybridized carbons (Fsp3) is 0.435. The van der Waals surface area contributed by atoms with Crippen molar-refractivity contribution in [2.75, 3.05) is 0 Å². The lowest BCUT2D eigenvalue weighted by Gasteiger charge is -2.38. The highest BCUT2D eigenvalue weighted by molar-refractivity contribution is 6.32. The number of rotatable bonds is 4. The molecule has 0 aliphatic carbocycles. The number of aryl methyl sites for hydroxylation is 3. The van der Waals surface area contributed by atoms with Crippen molar-refractivity contribution in [3.63, 3.8) is 0 Å². The molecule has 150 valence electrons. The van der Waals surface area contributed by atoms with Crippen LogP contribution in [0.1, 0.15) is 55.5 Å². The van der Waals surface area contributed by atoms with E-state index in [1.54, 1.807) is 6.92 Å². The van der Waals surface area contributed by atoms with Crippen LogP contribution in [0.3, 0.4) is 0 Å². The lowest BCUT2D eigenvalue weighted by atomic mass is 9.89. The maximum Gasteiger partial charge on any atom is 0.261 e. The van der Waals surface area contributed by atoms with E-state index in [9.17, 15) is 4.79 Å². The van der Waals surface area contributed by atoms with E-state index < -0.39 is 6.10 Å². The van der Waals surface area contributed by atoms with Gasteiger partial charge in [-0.2, -0.15) is 0 Å². The number of hydrogen-bond donors (Lipinski definition) is 1. The molecule has 0 radical (unpaired) electrons. The van der Waals surface area contributed by atoms with Gasteiger partial charge >= 0.3 is 0 Å². The molecule has 4 nitrogen and oxygen atoms in total. The molecule has 1 aliphatic heterocycles. The van der Waals surface area contributed by atoms with Crippen molar-refractivity contribution in [3.05, 3.63) is 57.6 Å². The maximum absolute atomic E-state index is 12.9. The van der Waals surface area contributed by atoms with Gasteiger partial charge in [0.1, 0.15) is 17.1 Å². The molecule has 1 amide bonds. The number of carbonyl (C=O) groups is 1. The summed E-state index contributed by atoms with van der Waals surface area (Å²) in [7, 11) is 0. The zero-order chi connectivity index (χ0) is 20.6. The minimum absolute atomic E-state index is 0.120. The second-order valence-corrected chi connectivity index (χ2v) is 8.68. The summed E-state index contributed by atoms with van der Waals surface area (Å²) in [4.78, 5) is 12.9. The van der Waals surface area contributed by atoms with Crippen LogP contribution in [0.15, 0.2) is 30.3 Å². The first kappa shape index (κ1) is 20.5. The highest BCUT2D eigenvalue weighted by Crippen LogP contribution is 2.40. The smallest absolute Gasteiger partial charge is 0.261 e. The summed E-state index contributed by atoms with van der Waals surface area (Å²) < 4.78 is 12.0. The van der Waals surface area contributed by atoms with Gasteiger partial charge < -0.3 is 14.8 Å². The number of halogens is 1. The lowest BCUT2D eigenvalue weighted by Crippen LogP contribution is -2.44. The van der Waals surface area contributed by atoms with Crippen molar-refractivity contribution in [2.24, 2.45) is 0 Å². The summed E-state index contributed by atoms with van der Waals surface area (Å²) >= 11 is 6.22. The van der Waals surface area contributed by atoms with Crippen molar-refractivity contribution in [1.82, 2.24) is 5.32 Å². The molecule has 0 saturated carbocycles. The highest BCUT2D eigenvalue weighted by Gasteiger charge is 2.35. The van der Waals surface area contributed by atoms with E-state index in [1.807, 2.05) is 58.9 Å². The second-order valence-electron chi connectivity index (χ2n) is 8.30. The fourth-order valence-electron chi connectivity index (χ4n) is 3.62. The maximum atomic E-state index is 12.9. The Labute approximate surface area is 172 Å². The van der Waals surface area contributed by atoms with Gasteiger partial charge in [0.2, 0.25) is 0 Å². The van der Waals surface area contributed by atoms with Gasteiger partial charge in [-0.1, -0.05) is 29.3 Å². The molecule has 0 spiro atoms. The third-order valence-electron chi connectivity index (χ3n) is 5.03. The standard InChI is InChI=1S/C23H28ClNO3/c1-13-7-8-20-18(9-13)19(12-23(5,6)28-20)25-22(26)16(4)27-17-10-14(2)21(24)15(3)11-17/h7-11,16,19H,12H2,1-6H3,(H,25,26)/t16-,19-/m1/s1. The summed E-state index contributed by atoms with van der Waals surface area (Å²) in [5, 5.41) is 3.87. The summed E-state index contributed by atoms with van der Waals surface area (Å²) in [6.07, 6.45) is 0.0698. The summed E-state index contributed by atoms with van der Waals surface area (Å²) in [6.45, 7) is 11.7. The van der Waals surface area contributed by atoms with Gasteiger partial charge in [-0.3, -0.25) is 4.79 Å². The van der Waals surface area contributed by atoms with Crippen molar-refractivity contribution >= 4 is 17.5 Å². The van der Waals surface area contributed by atoms with E-state index in [4.69, 9.17) is 21.1 Å². The largest absolute Gasteiger partial charge is 0.487 e. The predicted molar refractivity (Wildman–Crippen MR) is 112 cm³/mol. The average molecular weight is 402 g/mol. The molecule has 1 N–H and O–H groups in total. The van der Waals surface area contributed by atoms with Crippen molar-refractivity contribution < 1.29 is 14.3 Å². The van der Waals surface area contributed by atoms with Crippen LogP contribution < -0.4 is 14.8 Å². The summed E-state index contributed by atoms with van der Waals surface area (Å²) in [5.74, 6) is 1.32. The third-order valence-corrected chi connectivity index (χ3v) is 5.63. The molecule has 2 aromatic rings. The number of nitrogens with one attached hydrogen (secondary N) is 1. The topological polar surface area (TPSA) is 47.6 Å². The van der Waals surface area contributed by atoms with Crippen LogP contribution in [0.5, 0.6) is 11.5 Å². The first-order valence-corrected chi connectivity index (χ1v) is 9.97. The normalized spacial score (nSPS) is 18.6. The van der Waals surface area contributed by atoms with Gasteiger partial charge in [-0.25, -0.2) is 0 Å². The van der Waals surface area contributed by atoms with E-state index in [1.165, 1.54) is 0 Å². The van der Waals surface area contributed by atoms with Gasteiger partial charge in [0.05, 0.1) is 6.04 Å². The van der Waals surface area contributed by atoms with E-state index in [0.717, 1.165) is 33.0 Å². The predicted octanol–water partition coefficient (Wildman–Crippen LogP) is 5.45. The molecular formula is C23H28ClNO3. The van der Waals surface area contributed by atoms with E-state index in [2.05, 4.69) is 11.4 Å². The van der Waals surface area contributed by atoms with Crippen LogP contribution in [-0.4, -0.2) is 17.6 Å². The summed E-state index contributed by atoms with van der Waals surface area (Å²) in [5.41, 5.74) is 3.66. The van der Waals surface area contributed by atoms with Crippen LogP contribution in [0, 0.1) is 20.8 Å². The van der Waals surface area contributed by atoms with E-state index >= 15 is 0 Å². The molecule has 2 aromatic carbocycles. The molecule has 1 heterocycles. The summed E-state index contributed by atoms with van der Waals surface area (Å²) in [6, 6.07) is 9.67. The number of hydrogen-bond acceptors (Lipinski definition) is 3. The molecule has 5 heteroatoms. The first-order chi connectivity index (χ1) is 13.1. The Morgan fingerprint density at radius 2 is 1.86 bits per heavy atom. The highest BCUT2D eigenvalue weighted by atomic mass is 35.5. The quantitative estimate of drug-likeness (QED) is 0.740. The number of ether oxygens (including phenoxy) is 2. The van der Waals surface area contributed by atoms with Crippen LogP contribution >= 0.6 is 11.6 Å². The average Bonchev–Trinajstić information content (AvgIpc) is 2.59. The number of carbonyl (C=O) groups excluding carboxylic acids is 1. The van der Waals surface area contributed by atoms with Crippen LogP contribution in [0.2, 0.25) is 5.02 Å². The Kier molecular flexibility index (Phi) is 5.62. The molecule has 2 atom stereocenters. The molecule has 0 bridgehead atoms. The van der Waals surface area contributed by atoms with Gasteiger partial charge in [-0.05, 0) is 70.9 Å². The van der Waals surface area contributed by atoms with Crippen molar-refractivity contribution in [3.8, 4) is 11.5 Å². The Balaban J connectivity index is 1.76. The number of amides is 1. The molecule has 0 fully saturated rings. The third kappa shape index (κ3) is 4.44. The molecule has 0 aromatic heterocycles. The number of benzene rings is 2. The first-order valence-electron chi connectivity index (χ1n) is 9.59. The zero-order valence-electron chi connectivity index (χ0n) is 17.4. The minimum Gasteiger partial charge on any atom is -0.487 e. The van der Waals surface area contributed by atoms with Gasteiger partial charge in [0.15, 0.2) is 6.10 Å². The molecule has 0 saturated heterocycles.